The number of aromatic amines is 1. The van der Waals surface area contributed by atoms with E-state index in [4.69, 9.17) is 0 Å². The number of pyridine rings is 2. The number of hydrogen-bond donors (Lipinski definition) is 1. The highest BCUT2D eigenvalue weighted by Crippen LogP contribution is 2.32. The summed E-state index contributed by atoms with van der Waals surface area (Å²) < 4.78 is 2.82. The van der Waals surface area contributed by atoms with Crippen LogP contribution in [0.25, 0.3) is 22.6 Å². The molecule has 37 heavy (non-hydrogen) atoms. The first-order chi connectivity index (χ1) is 17.9. The predicted octanol–water partition coefficient (Wildman–Crippen LogP) is 3.53. The molecule has 0 bridgehead atoms. The lowest BCUT2D eigenvalue weighted by Gasteiger charge is -2.22. The molecule has 4 aromatic rings. The molecule has 1 N–H and O–H groups in total. The predicted molar refractivity (Wildman–Crippen MR) is 142 cm³/mol. The van der Waals surface area contributed by atoms with Crippen molar-refractivity contribution in [3.05, 3.63) is 68.8 Å². The number of aryl methyl sites for hydroxylation is 2. The zero-order valence-electron chi connectivity index (χ0n) is 21.4. The molecule has 4 aromatic heterocycles. The number of anilines is 1. The van der Waals surface area contributed by atoms with E-state index in [1.165, 1.54) is 4.57 Å². The standard InChI is InChI=1S/C27H31N7O3/c1-4-12-32-24-22(26(36)33(13-5-2)27(32)37)30-23(31-24)19-10-11-21(29-14-19)34(16-18-7-8-18)25(35)20-9-6-17(3)28-15-20/h6,9-11,14-15,18H,4-5,7-8,12-13,16H2,1-3H3,(H,30,31). The Morgan fingerprint density at radius 3 is 2.41 bits per heavy atom. The maximum Gasteiger partial charge on any atom is 0.332 e. The number of amides is 1. The lowest BCUT2D eigenvalue weighted by atomic mass is 10.2. The van der Waals surface area contributed by atoms with Gasteiger partial charge >= 0.3 is 5.69 Å². The van der Waals surface area contributed by atoms with Gasteiger partial charge in [-0.1, -0.05) is 13.8 Å². The van der Waals surface area contributed by atoms with Gasteiger partial charge in [0.15, 0.2) is 5.65 Å². The third-order valence-corrected chi connectivity index (χ3v) is 6.59. The molecule has 4 heterocycles. The number of imidazole rings is 1. The molecule has 1 aliphatic rings. The zero-order chi connectivity index (χ0) is 26.1. The van der Waals surface area contributed by atoms with Gasteiger partial charge in [-0.05, 0) is 62.8 Å². The summed E-state index contributed by atoms with van der Waals surface area (Å²) in [6, 6.07) is 7.23. The van der Waals surface area contributed by atoms with Crippen LogP contribution in [0.1, 0.15) is 55.6 Å². The van der Waals surface area contributed by atoms with Crippen molar-refractivity contribution in [2.24, 2.45) is 5.92 Å². The fourth-order valence-electron chi connectivity index (χ4n) is 4.42. The van der Waals surface area contributed by atoms with Crippen molar-refractivity contribution >= 4 is 22.9 Å². The van der Waals surface area contributed by atoms with Crippen molar-refractivity contribution < 1.29 is 4.79 Å². The van der Waals surface area contributed by atoms with Crippen LogP contribution in [0.2, 0.25) is 0 Å². The van der Waals surface area contributed by atoms with E-state index in [0.717, 1.165) is 25.0 Å². The highest BCUT2D eigenvalue weighted by molar-refractivity contribution is 6.05. The Bertz CT molecular complexity index is 1540. The summed E-state index contributed by atoms with van der Waals surface area (Å²) in [7, 11) is 0. The fourth-order valence-corrected chi connectivity index (χ4v) is 4.42. The van der Waals surface area contributed by atoms with E-state index in [-0.39, 0.29) is 17.2 Å². The summed E-state index contributed by atoms with van der Waals surface area (Å²) in [5.41, 5.74) is 1.97. The smallest absolute Gasteiger partial charge is 0.332 e. The Balaban J connectivity index is 1.51. The van der Waals surface area contributed by atoms with Crippen LogP contribution in [-0.2, 0) is 13.1 Å². The van der Waals surface area contributed by atoms with Crippen LogP contribution in [0, 0.1) is 12.8 Å². The summed E-state index contributed by atoms with van der Waals surface area (Å²) in [5.74, 6) is 1.33. The van der Waals surface area contributed by atoms with Gasteiger partial charge < -0.3 is 4.98 Å². The van der Waals surface area contributed by atoms with Crippen LogP contribution in [0.3, 0.4) is 0 Å². The lowest BCUT2D eigenvalue weighted by molar-refractivity contribution is 0.0984. The van der Waals surface area contributed by atoms with E-state index in [9.17, 15) is 14.4 Å². The van der Waals surface area contributed by atoms with Gasteiger partial charge in [-0.2, -0.15) is 0 Å². The van der Waals surface area contributed by atoms with Crippen molar-refractivity contribution in [1.29, 1.82) is 0 Å². The average Bonchev–Trinajstić information content (AvgIpc) is 3.63. The second-order valence-corrected chi connectivity index (χ2v) is 9.63. The van der Waals surface area contributed by atoms with E-state index < -0.39 is 0 Å². The molecule has 1 aliphatic carbocycles. The first kappa shape index (κ1) is 24.6. The first-order valence-corrected chi connectivity index (χ1v) is 12.9. The van der Waals surface area contributed by atoms with Crippen molar-refractivity contribution in [3.63, 3.8) is 0 Å². The number of fused-ring (bicyclic) bond motifs is 1. The molecular weight excluding hydrogens is 470 g/mol. The second kappa shape index (κ2) is 10.1. The number of nitrogens with one attached hydrogen (secondary N) is 1. The molecule has 0 spiro atoms. The SMILES string of the molecule is CCCn1c(=O)c2[nH]c(-c3ccc(N(CC4CC4)C(=O)c4ccc(C)nc4)nc3)nc2n(CCC)c1=O. The quantitative estimate of drug-likeness (QED) is 0.375. The van der Waals surface area contributed by atoms with Crippen LogP contribution < -0.4 is 16.1 Å². The van der Waals surface area contributed by atoms with Crippen LogP contribution in [0.15, 0.2) is 46.2 Å². The van der Waals surface area contributed by atoms with E-state index >= 15 is 0 Å². The molecule has 1 saturated carbocycles. The number of H-pyrrole nitrogens is 1. The largest absolute Gasteiger partial charge is 0.332 e. The third-order valence-electron chi connectivity index (χ3n) is 6.59. The minimum atomic E-state index is -0.370. The van der Waals surface area contributed by atoms with Gasteiger partial charge in [-0.3, -0.25) is 28.6 Å². The summed E-state index contributed by atoms with van der Waals surface area (Å²) in [5, 5.41) is 0. The van der Waals surface area contributed by atoms with E-state index in [2.05, 4.69) is 19.9 Å². The summed E-state index contributed by atoms with van der Waals surface area (Å²) in [6.07, 6.45) is 6.85. The van der Waals surface area contributed by atoms with Crippen molar-refractivity contribution in [1.82, 2.24) is 29.1 Å². The lowest BCUT2D eigenvalue weighted by Crippen LogP contribution is -2.40. The molecule has 10 heteroatoms. The van der Waals surface area contributed by atoms with Gasteiger partial charge in [-0.25, -0.2) is 14.8 Å². The minimum absolute atomic E-state index is 0.136. The van der Waals surface area contributed by atoms with Crippen LogP contribution in [-0.4, -0.2) is 41.5 Å². The van der Waals surface area contributed by atoms with Crippen LogP contribution >= 0.6 is 0 Å². The minimum Gasteiger partial charge on any atom is -0.332 e. The highest BCUT2D eigenvalue weighted by Gasteiger charge is 2.29. The molecule has 0 aliphatic heterocycles. The third kappa shape index (κ3) is 4.83. The molecule has 0 unspecified atom stereocenters. The average molecular weight is 502 g/mol. The van der Waals surface area contributed by atoms with Gasteiger partial charge in [0.1, 0.15) is 17.2 Å². The van der Waals surface area contributed by atoms with Gasteiger partial charge in [0.05, 0.1) is 5.56 Å². The molecule has 0 radical (unpaired) electrons. The molecular formula is C27H31N7O3. The van der Waals surface area contributed by atoms with E-state index in [1.54, 1.807) is 34.0 Å². The van der Waals surface area contributed by atoms with E-state index in [0.29, 0.717) is 65.9 Å². The normalized spacial score (nSPS) is 13.3. The Morgan fingerprint density at radius 1 is 1.03 bits per heavy atom. The van der Waals surface area contributed by atoms with Crippen LogP contribution in [0.4, 0.5) is 5.82 Å². The molecule has 192 valence electrons. The van der Waals surface area contributed by atoms with Crippen molar-refractivity contribution in [2.45, 2.75) is 59.5 Å². The summed E-state index contributed by atoms with van der Waals surface area (Å²) >= 11 is 0. The van der Waals surface area contributed by atoms with Gasteiger partial charge in [0.2, 0.25) is 0 Å². The Hall–Kier alpha value is -4.08. The number of hydrogen-bond acceptors (Lipinski definition) is 6. The molecule has 0 saturated heterocycles. The summed E-state index contributed by atoms with van der Waals surface area (Å²) in [6.45, 7) is 7.21. The molecule has 0 aromatic carbocycles. The Labute approximate surface area is 214 Å². The Morgan fingerprint density at radius 2 is 1.78 bits per heavy atom. The van der Waals surface area contributed by atoms with Gasteiger partial charge in [-0.15, -0.1) is 0 Å². The number of carbonyl (C=O) groups excluding carboxylic acids is 1. The highest BCUT2D eigenvalue weighted by atomic mass is 16.2. The molecule has 1 fully saturated rings. The van der Waals surface area contributed by atoms with Crippen molar-refractivity contribution in [2.75, 3.05) is 11.4 Å². The van der Waals surface area contributed by atoms with Gasteiger partial charge in [0.25, 0.3) is 11.5 Å². The maximum atomic E-state index is 13.3. The fraction of sp³-hybridized carbons (Fsp3) is 0.407. The number of aromatic nitrogens is 6. The molecule has 1 amide bonds. The molecule has 5 rings (SSSR count). The molecule has 10 nitrogen and oxygen atoms in total. The number of nitrogens with zero attached hydrogens (tertiary/aromatic N) is 6. The Kier molecular flexibility index (Phi) is 6.73. The van der Waals surface area contributed by atoms with Gasteiger partial charge in [0, 0.05) is 43.3 Å². The maximum absolute atomic E-state index is 13.3. The first-order valence-electron chi connectivity index (χ1n) is 12.9. The zero-order valence-corrected chi connectivity index (χ0v) is 21.4. The second-order valence-electron chi connectivity index (χ2n) is 9.63. The monoisotopic (exact) mass is 501 g/mol. The van der Waals surface area contributed by atoms with Crippen LogP contribution in [0.5, 0.6) is 0 Å². The number of rotatable bonds is 9. The topological polar surface area (TPSA) is 119 Å². The number of carbonyl (C=O) groups is 1. The summed E-state index contributed by atoms with van der Waals surface area (Å²) in [4.78, 5) is 57.6. The molecule has 0 atom stereocenters. The van der Waals surface area contributed by atoms with Crippen molar-refractivity contribution in [3.8, 4) is 11.4 Å². The van der Waals surface area contributed by atoms with E-state index in [1.807, 2.05) is 32.9 Å².